The van der Waals surface area contributed by atoms with Gasteiger partial charge in [0, 0.05) is 19.7 Å². The maximum atomic E-state index is 11.9. The number of methoxy groups -OCH3 is 1. The van der Waals surface area contributed by atoms with Crippen LogP contribution in [0.3, 0.4) is 0 Å². The molecule has 0 heterocycles. The minimum absolute atomic E-state index is 0.0540. The third-order valence-electron chi connectivity index (χ3n) is 2.67. The Bertz CT molecular complexity index is 279. The van der Waals surface area contributed by atoms with Gasteiger partial charge in [-0.3, -0.25) is 9.59 Å². The molecule has 0 atom stereocenters. The van der Waals surface area contributed by atoms with Gasteiger partial charge in [-0.25, -0.2) is 0 Å². The third-order valence-corrected chi connectivity index (χ3v) is 2.67. The lowest BCUT2D eigenvalue weighted by atomic mass is 10.4. The summed E-state index contributed by atoms with van der Waals surface area (Å²) in [6.07, 6.45) is 1.95. The van der Waals surface area contributed by atoms with Gasteiger partial charge in [-0.2, -0.15) is 0 Å². The maximum Gasteiger partial charge on any atom is 0.325 e. The van der Waals surface area contributed by atoms with Gasteiger partial charge in [0.15, 0.2) is 0 Å². The number of carbonyl (C=O) groups is 2. The van der Waals surface area contributed by atoms with Gasteiger partial charge < -0.3 is 19.7 Å². The van der Waals surface area contributed by atoms with E-state index in [-0.39, 0.29) is 31.0 Å². The number of rotatable bonds is 9. The van der Waals surface area contributed by atoms with Crippen molar-refractivity contribution in [2.24, 2.45) is 0 Å². The van der Waals surface area contributed by atoms with Crippen LogP contribution >= 0.6 is 0 Å². The number of nitrogens with one attached hydrogen (secondary N) is 1. The van der Waals surface area contributed by atoms with Gasteiger partial charge in [0.2, 0.25) is 5.91 Å². The highest BCUT2D eigenvalue weighted by Crippen LogP contribution is 2.26. The van der Waals surface area contributed by atoms with Gasteiger partial charge >= 0.3 is 5.97 Å². The van der Waals surface area contributed by atoms with Gasteiger partial charge in [-0.15, -0.1) is 0 Å². The van der Waals surface area contributed by atoms with E-state index in [0.717, 1.165) is 12.8 Å². The first-order valence-corrected chi connectivity index (χ1v) is 6.33. The van der Waals surface area contributed by atoms with E-state index in [1.165, 1.54) is 0 Å². The Labute approximate surface area is 108 Å². The van der Waals surface area contributed by atoms with Crippen molar-refractivity contribution < 1.29 is 19.1 Å². The molecule has 0 spiro atoms. The van der Waals surface area contributed by atoms with Crippen molar-refractivity contribution in [3.63, 3.8) is 0 Å². The molecule has 0 aromatic carbocycles. The first-order chi connectivity index (χ1) is 8.69. The molecule has 6 nitrogen and oxygen atoms in total. The summed E-state index contributed by atoms with van der Waals surface area (Å²) in [5, 5.41) is 2.99. The van der Waals surface area contributed by atoms with Gasteiger partial charge in [0.1, 0.15) is 6.54 Å². The zero-order valence-corrected chi connectivity index (χ0v) is 11.1. The van der Waals surface area contributed by atoms with Crippen molar-refractivity contribution >= 4 is 11.9 Å². The van der Waals surface area contributed by atoms with Crippen molar-refractivity contribution in [1.29, 1.82) is 0 Å². The second-order valence-corrected chi connectivity index (χ2v) is 4.23. The lowest BCUT2D eigenvalue weighted by Crippen LogP contribution is -2.43. The Morgan fingerprint density at radius 1 is 1.39 bits per heavy atom. The summed E-state index contributed by atoms with van der Waals surface area (Å²) in [5.74, 6) is -0.392. The summed E-state index contributed by atoms with van der Waals surface area (Å²) in [4.78, 5) is 25.0. The van der Waals surface area contributed by atoms with Crippen LogP contribution in [0.2, 0.25) is 0 Å². The Kier molecular flexibility index (Phi) is 6.67. The first-order valence-electron chi connectivity index (χ1n) is 6.33. The average molecular weight is 258 g/mol. The Morgan fingerprint density at radius 2 is 2.11 bits per heavy atom. The number of amides is 1. The molecule has 1 aliphatic rings. The van der Waals surface area contributed by atoms with Crippen LogP contribution in [0.4, 0.5) is 0 Å². The van der Waals surface area contributed by atoms with E-state index < -0.39 is 0 Å². The number of hydrogen-bond donors (Lipinski definition) is 1. The molecule has 0 radical (unpaired) electrons. The van der Waals surface area contributed by atoms with Crippen molar-refractivity contribution in [2.75, 3.05) is 40.0 Å². The molecule has 1 saturated carbocycles. The third kappa shape index (κ3) is 5.46. The largest absolute Gasteiger partial charge is 0.465 e. The molecule has 1 aliphatic carbocycles. The second kappa shape index (κ2) is 8.05. The number of carbonyl (C=O) groups excluding carboxylic acids is 2. The summed E-state index contributed by atoms with van der Waals surface area (Å²) in [6.45, 7) is 3.59. The summed E-state index contributed by atoms with van der Waals surface area (Å²) < 4.78 is 9.75. The predicted molar refractivity (Wildman–Crippen MR) is 66.1 cm³/mol. The van der Waals surface area contributed by atoms with E-state index in [4.69, 9.17) is 9.47 Å². The highest BCUT2D eigenvalue weighted by molar-refractivity contribution is 5.84. The molecular weight excluding hydrogens is 236 g/mol. The molecule has 0 saturated heterocycles. The molecule has 0 aromatic rings. The van der Waals surface area contributed by atoms with Gasteiger partial charge in [-0.05, 0) is 19.8 Å². The molecule has 0 aliphatic heterocycles. The van der Waals surface area contributed by atoms with Crippen LogP contribution < -0.4 is 5.32 Å². The normalized spacial score (nSPS) is 14.3. The van der Waals surface area contributed by atoms with Crippen molar-refractivity contribution in [3.8, 4) is 0 Å². The van der Waals surface area contributed by atoms with E-state index >= 15 is 0 Å². The fraction of sp³-hybridized carbons (Fsp3) is 0.833. The van der Waals surface area contributed by atoms with Crippen LogP contribution in [0.25, 0.3) is 0 Å². The molecule has 104 valence electrons. The van der Waals surface area contributed by atoms with E-state index in [1.54, 1.807) is 18.9 Å². The number of nitrogens with zero attached hydrogens (tertiary/aromatic N) is 1. The summed E-state index contributed by atoms with van der Waals surface area (Å²) in [7, 11) is 1.61. The molecule has 0 unspecified atom stereocenters. The minimum atomic E-state index is -0.338. The number of ether oxygens (including phenoxy) is 2. The summed E-state index contributed by atoms with van der Waals surface area (Å²) in [5.41, 5.74) is 0. The fourth-order valence-electron chi connectivity index (χ4n) is 1.62. The summed E-state index contributed by atoms with van der Waals surface area (Å²) in [6, 6.07) is 0.214. The quantitative estimate of drug-likeness (QED) is 0.457. The maximum absolute atomic E-state index is 11.9. The molecule has 0 aromatic heterocycles. The van der Waals surface area contributed by atoms with Gasteiger partial charge in [-0.1, -0.05) is 0 Å². The zero-order chi connectivity index (χ0) is 13.4. The standard InChI is InChI=1S/C12H22N2O4/c1-3-18-12(16)9-14(10-4-5-10)11(15)8-13-6-7-17-2/h10,13H,3-9H2,1-2H3. The molecule has 1 amide bonds. The van der Waals surface area contributed by atoms with E-state index in [9.17, 15) is 9.59 Å². The van der Waals surface area contributed by atoms with E-state index in [2.05, 4.69) is 5.32 Å². The minimum Gasteiger partial charge on any atom is -0.465 e. The van der Waals surface area contributed by atoms with Crippen LogP contribution in [-0.4, -0.2) is 62.8 Å². The van der Waals surface area contributed by atoms with Crippen LogP contribution in [0.1, 0.15) is 19.8 Å². The van der Waals surface area contributed by atoms with E-state index in [0.29, 0.717) is 19.8 Å². The molecule has 1 N–H and O–H groups in total. The van der Waals surface area contributed by atoms with Crippen LogP contribution in [0.15, 0.2) is 0 Å². The lowest BCUT2D eigenvalue weighted by molar-refractivity contribution is -0.149. The molecule has 1 rings (SSSR count). The SMILES string of the molecule is CCOC(=O)CN(C(=O)CNCCOC)C1CC1. The summed E-state index contributed by atoms with van der Waals surface area (Å²) >= 11 is 0. The monoisotopic (exact) mass is 258 g/mol. The number of esters is 1. The van der Waals surface area contributed by atoms with Crippen LogP contribution in [0, 0.1) is 0 Å². The molecule has 1 fully saturated rings. The topological polar surface area (TPSA) is 67.9 Å². The zero-order valence-electron chi connectivity index (χ0n) is 11.1. The van der Waals surface area contributed by atoms with Crippen molar-refractivity contribution in [2.45, 2.75) is 25.8 Å². The second-order valence-electron chi connectivity index (χ2n) is 4.23. The highest BCUT2D eigenvalue weighted by Gasteiger charge is 2.33. The first kappa shape index (κ1) is 14.9. The van der Waals surface area contributed by atoms with Crippen molar-refractivity contribution in [1.82, 2.24) is 10.2 Å². The fourth-order valence-corrected chi connectivity index (χ4v) is 1.62. The Morgan fingerprint density at radius 3 is 2.67 bits per heavy atom. The van der Waals surface area contributed by atoms with Crippen molar-refractivity contribution in [3.05, 3.63) is 0 Å². The molecule has 0 bridgehead atoms. The van der Waals surface area contributed by atoms with Gasteiger partial charge in [0.25, 0.3) is 0 Å². The van der Waals surface area contributed by atoms with Crippen LogP contribution in [-0.2, 0) is 19.1 Å². The molecular formula is C12H22N2O4. The van der Waals surface area contributed by atoms with E-state index in [1.807, 2.05) is 0 Å². The molecule has 18 heavy (non-hydrogen) atoms. The Hall–Kier alpha value is -1.14. The van der Waals surface area contributed by atoms with Gasteiger partial charge in [0.05, 0.1) is 19.8 Å². The lowest BCUT2D eigenvalue weighted by Gasteiger charge is -2.21. The smallest absolute Gasteiger partial charge is 0.325 e. The highest BCUT2D eigenvalue weighted by atomic mass is 16.5. The number of hydrogen-bond acceptors (Lipinski definition) is 5. The average Bonchev–Trinajstić information content (AvgIpc) is 3.16. The molecule has 6 heteroatoms. The predicted octanol–water partition coefficient (Wildman–Crippen LogP) is -0.223. The van der Waals surface area contributed by atoms with Crippen LogP contribution in [0.5, 0.6) is 0 Å². The Balaban J connectivity index is 2.31.